The lowest BCUT2D eigenvalue weighted by Gasteiger charge is -2.42. The van der Waals surface area contributed by atoms with Crippen molar-refractivity contribution in [2.75, 3.05) is 32.7 Å². The fourth-order valence-electron chi connectivity index (χ4n) is 3.90. The number of hydrogen-bond acceptors (Lipinski definition) is 3. The van der Waals surface area contributed by atoms with Crippen LogP contribution >= 0.6 is 0 Å². The van der Waals surface area contributed by atoms with Crippen LogP contribution in [-0.2, 0) is 4.79 Å². The molecular formula is C18H26FN3O. The zero-order chi connectivity index (χ0) is 16.4. The lowest BCUT2D eigenvalue weighted by molar-refractivity contribution is -0.131. The van der Waals surface area contributed by atoms with Crippen molar-refractivity contribution in [1.82, 2.24) is 15.1 Å². The van der Waals surface area contributed by atoms with Gasteiger partial charge in [-0.05, 0) is 49.6 Å². The van der Waals surface area contributed by atoms with Crippen LogP contribution in [0.15, 0.2) is 18.2 Å². The molecule has 1 aromatic carbocycles. The number of nitrogens with zero attached hydrogens (tertiary/aromatic N) is 2. The molecule has 126 valence electrons. The van der Waals surface area contributed by atoms with Gasteiger partial charge in [-0.1, -0.05) is 6.07 Å². The molecule has 2 heterocycles. The highest BCUT2D eigenvalue weighted by Crippen LogP contribution is 2.29. The van der Waals surface area contributed by atoms with E-state index in [0.29, 0.717) is 12.1 Å². The van der Waals surface area contributed by atoms with E-state index in [-0.39, 0.29) is 11.7 Å². The number of halogens is 1. The second-order valence-corrected chi connectivity index (χ2v) is 6.73. The normalized spacial score (nSPS) is 26.3. The highest BCUT2D eigenvalue weighted by molar-refractivity contribution is 5.73. The summed E-state index contributed by atoms with van der Waals surface area (Å²) in [5, 5.41) is 3.58. The molecule has 2 atom stereocenters. The van der Waals surface area contributed by atoms with E-state index in [1.807, 2.05) is 17.9 Å². The molecular weight excluding hydrogens is 293 g/mol. The number of aryl methyl sites for hydroxylation is 1. The third kappa shape index (κ3) is 3.72. The number of nitrogens with one attached hydrogen (secondary N) is 1. The van der Waals surface area contributed by atoms with E-state index in [1.165, 1.54) is 5.56 Å². The van der Waals surface area contributed by atoms with Crippen LogP contribution in [0.1, 0.15) is 36.9 Å². The predicted octanol–water partition coefficient (Wildman–Crippen LogP) is 2.09. The molecule has 2 aliphatic heterocycles. The molecule has 1 aromatic rings. The molecule has 0 radical (unpaired) electrons. The van der Waals surface area contributed by atoms with Gasteiger partial charge in [-0.25, -0.2) is 4.39 Å². The summed E-state index contributed by atoms with van der Waals surface area (Å²) in [6.07, 6.45) is 2.18. The van der Waals surface area contributed by atoms with E-state index >= 15 is 0 Å². The van der Waals surface area contributed by atoms with Gasteiger partial charge in [0.15, 0.2) is 0 Å². The first kappa shape index (κ1) is 16.4. The van der Waals surface area contributed by atoms with Gasteiger partial charge >= 0.3 is 0 Å². The van der Waals surface area contributed by atoms with E-state index in [2.05, 4.69) is 10.2 Å². The van der Waals surface area contributed by atoms with E-state index in [1.54, 1.807) is 19.1 Å². The highest BCUT2D eigenvalue weighted by Gasteiger charge is 2.30. The molecule has 0 aromatic heterocycles. The van der Waals surface area contributed by atoms with Crippen molar-refractivity contribution in [3.8, 4) is 0 Å². The van der Waals surface area contributed by atoms with Gasteiger partial charge < -0.3 is 10.2 Å². The number of carbonyl (C=O) groups is 1. The van der Waals surface area contributed by atoms with Crippen LogP contribution in [0.3, 0.4) is 0 Å². The number of carbonyl (C=O) groups excluding carboxylic acids is 1. The number of benzene rings is 1. The monoisotopic (exact) mass is 319 g/mol. The summed E-state index contributed by atoms with van der Waals surface area (Å²) in [5.41, 5.74) is 2.23. The molecule has 2 aliphatic rings. The number of piperidine rings is 1. The lowest BCUT2D eigenvalue weighted by Crippen LogP contribution is -2.54. The molecule has 2 saturated heterocycles. The molecule has 0 unspecified atom stereocenters. The standard InChI is InChI=1S/C18H26FN3O/c1-13-11-15(19)3-4-17(13)18-12-16(5-6-20-18)22-9-7-21(8-10-22)14(2)23/h3-4,11,16,18,20H,5-10,12H2,1-2H3/t16-,18+/m0/s1. The third-order valence-electron chi connectivity index (χ3n) is 5.26. The average molecular weight is 319 g/mol. The smallest absolute Gasteiger partial charge is 0.219 e. The van der Waals surface area contributed by atoms with Crippen molar-refractivity contribution < 1.29 is 9.18 Å². The Labute approximate surface area is 137 Å². The Morgan fingerprint density at radius 3 is 2.65 bits per heavy atom. The summed E-state index contributed by atoms with van der Waals surface area (Å²) in [5.74, 6) is 0.00809. The summed E-state index contributed by atoms with van der Waals surface area (Å²) in [4.78, 5) is 15.9. The van der Waals surface area contributed by atoms with Gasteiger partial charge in [-0.15, -0.1) is 0 Å². The van der Waals surface area contributed by atoms with Gasteiger partial charge in [0.25, 0.3) is 0 Å². The Kier molecular flexibility index (Phi) is 4.97. The van der Waals surface area contributed by atoms with Crippen LogP contribution in [0.5, 0.6) is 0 Å². The first-order chi connectivity index (χ1) is 11.0. The van der Waals surface area contributed by atoms with Crippen molar-refractivity contribution in [2.45, 2.75) is 38.8 Å². The van der Waals surface area contributed by atoms with Crippen molar-refractivity contribution in [2.24, 2.45) is 0 Å². The maximum Gasteiger partial charge on any atom is 0.219 e. The Morgan fingerprint density at radius 1 is 1.26 bits per heavy atom. The largest absolute Gasteiger partial charge is 0.340 e. The average Bonchev–Trinajstić information content (AvgIpc) is 2.55. The van der Waals surface area contributed by atoms with Crippen LogP contribution in [0.25, 0.3) is 0 Å². The number of amides is 1. The minimum Gasteiger partial charge on any atom is -0.340 e. The molecule has 1 N–H and O–H groups in total. The fourth-order valence-corrected chi connectivity index (χ4v) is 3.90. The zero-order valence-corrected chi connectivity index (χ0v) is 14.0. The molecule has 2 fully saturated rings. The summed E-state index contributed by atoms with van der Waals surface area (Å²) in [6.45, 7) is 8.19. The van der Waals surface area contributed by atoms with Crippen LogP contribution < -0.4 is 5.32 Å². The summed E-state index contributed by atoms with van der Waals surface area (Å²) >= 11 is 0. The molecule has 4 nitrogen and oxygen atoms in total. The van der Waals surface area contributed by atoms with Crippen molar-refractivity contribution in [3.63, 3.8) is 0 Å². The molecule has 3 rings (SSSR count). The van der Waals surface area contributed by atoms with Crippen LogP contribution in [0.2, 0.25) is 0 Å². The first-order valence-electron chi connectivity index (χ1n) is 8.53. The molecule has 23 heavy (non-hydrogen) atoms. The quantitative estimate of drug-likeness (QED) is 0.907. The Bertz CT molecular complexity index is 569. The van der Waals surface area contributed by atoms with Gasteiger partial charge in [0.2, 0.25) is 5.91 Å². The third-order valence-corrected chi connectivity index (χ3v) is 5.26. The van der Waals surface area contributed by atoms with Gasteiger partial charge in [-0.3, -0.25) is 9.69 Å². The van der Waals surface area contributed by atoms with E-state index < -0.39 is 0 Å². The maximum atomic E-state index is 13.3. The van der Waals surface area contributed by atoms with Gasteiger partial charge in [0, 0.05) is 45.2 Å². The van der Waals surface area contributed by atoms with Gasteiger partial charge in [0.05, 0.1) is 0 Å². The van der Waals surface area contributed by atoms with E-state index in [0.717, 1.165) is 51.1 Å². The van der Waals surface area contributed by atoms with Crippen LogP contribution in [0, 0.1) is 12.7 Å². The molecule has 0 saturated carbocycles. The number of rotatable bonds is 2. The second-order valence-electron chi connectivity index (χ2n) is 6.73. The Morgan fingerprint density at radius 2 is 2.00 bits per heavy atom. The van der Waals surface area contributed by atoms with Crippen LogP contribution in [0.4, 0.5) is 4.39 Å². The molecule has 0 spiro atoms. The van der Waals surface area contributed by atoms with Crippen LogP contribution in [-0.4, -0.2) is 54.5 Å². The molecule has 5 heteroatoms. The summed E-state index contributed by atoms with van der Waals surface area (Å²) in [7, 11) is 0. The molecule has 1 amide bonds. The summed E-state index contributed by atoms with van der Waals surface area (Å²) < 4.78 is 13.3. The van der Waals surface area contributed by atoms with E-state index in [4.69, 9.17) is 0 Å². The minimum absolute atomic E-state index is 0.168. The highest BCUT2D eigenvalue weighted by atomic mass is 19.1. The lowest BCUT2D eigenvalue weighted by atomic mass is 9.90. The maximum absolute atomic E-state index is 13.3. The Balaban J connectivity index is 1.63. The topological polar surface area (TPSA) is 35.6 Å². The Hall–Kier alpha value is -1.46. The van der Waals surface area contributed by atoms with Crippen molar-refractivity contribution in [3.05, 3.63) is 35.1 Å². The zero-order valence-electron chi connectivity index (χ0n) is 14.0. The van der Waals surface area contributed by atoms with Crippen molar-refractivity contribution >= 4 is 5.91 Å². The second kappa shape index (κ2) is 6.97. The van der Waals surface area contributed by atoms with Gasteiger partial charge in [-0.2, -0.15) is 0 Å². The first-order valence-corrected chi connectivity index (χ1v) is 8.53. The number of piperazine rings is 1. The SMILES string of the molecule is CC(=O)N1CCN([C@H]2CCN[C@@H](c3ccc(F)cc3C)C2)CC1. The summed E-state index contributed by atoms with van der Waals surface area (Å²) in [6, 6.07) is 5.92. The van der Waals surface area contributed by atoms with Crippen molar-refractivity contribution in [1.29, 1.82) is 0 Å². The van der Waals surface area contributed by atoms with E-state index in [9.17, 15) is 9.18 Å². The molecule has 0 aliphatic carbocycles. The predicted molar refractivity (Wildman–Crippen MR) is 88.7 cm³/mol. The minimum atomic E-state index is -0.168. The fraction of sp³-hybridized carbons (Fsp3) is 0.611. The number of hydrogen-bond donors (Lipinski definition) is 1. The molecule has 0 bridgehead atoms. The van der Waals surface area contributed by atoms with Gasteiger partial charge in [0.1, 0.15) is 5.82 Å².